The molecule has 3 N–H and O–H groups in total. The van der Waals surface area contributed by atoms with E-state index < -0.39 is 19.0 Å². The first-order valence-electron chi connectivity index (χ1n) is 8.29. The Morgan fingerprint density at radius 2 is 1.92 bits per heavy atom. The second-order valence-corrected chi connectivity index (χ2v) is 6.95. The lowest BCUT2D eigenvalue weighted by molar-refractivity contribution is -0.330. The number of nitrogens with zero attached hydrogens (tertiary/aromatic N) is 1. The Bertz CT molecular complexity index is 691. The number of urea groups is 1. The number of alkyl halides is 3. The van der Waals surface area contributed by atoms with Crippen molar-refractivity contribution in [3.8, 4) is 0 Å². The molecule has 0 radical (unpaired) electrons. The van der Waals surface area contributed by atoms with Crippen LogP contribution in [-0.2, 0) is 22.7 Å². The minimum Gasteiger partial charge on any atom is -0.352 e. The second-order valence-electron chi connectivity index (χ2n) is 6.95. The van der Waals surface area contributed by atoms with Crippen molar-refractivity contribution in [3.05, 3.63) is 35.4 Å². The molecule has 0 unspecified atom stereocenters. The largest absolute Gasteiger partial charge is 0.522 e. The average Bonchev–Trinajstić information content (AvgIpc) is 2.46. The summed E-state index contributed by atoms with van der Waals surface area (Å²) >= 11 is 0. The van der Waals surface area contributed by atoms with Crippen LogP contribution in [0.2, 0.25) is 0 Å². The molecule has 3 aliphatic rings. The van der Waals surface area contributed by atoms with E-state index in [1.54, 1.807) is 23.1 Å². The monoisotopic (exact) mass is 371 g/mol. The van der Waals surface area contributed by atoms with Crippen LogP contribution in [0.1, 0.15) is 30.4 Å². The number of carbonyl (C=O) groups is 2. The molecule has 3 aliphatic carbocycles. The lowest BCUT2D eigenvalue weighted by Gasteiger charge is -2.66. The van der Waals surface area contributed by atoms with Gasteiger partial charge in [0.2, 0.25) is 5.91 Å². The predicted octanol–water partition coefficient (Wildman–Crippen LogP) is 2.27. The summed E-state index contributed by atoms with van der Waals surface area (Å²) in [6.45, 7) is -0.508. The van der Waals surface area contributed by atoms with Crippen LogP contribution in [0, 0.1) is 5.92 Å². The van der Waals surface area contributed by atoms with Gasteiger partial charge in [0.1, 0.15) is 0 Å². The zero-order chi connectivity index (χ0) is 18.9. The molecular formula is C17H20F3N3O3. The minimum absolute atomic E-state index is 0.195. The van der Waals surface area contributed by atoms with E-state index in [4.69, 9.17) is 5.73 Å². The highest BCUT2D eigenvalue weighted by atomic mass is 19.4. The van der Waals surface area contributed by atoms with E-state index in [-0.39, 0.29) is 24.5 Å². The lowest BCUT2D eigenvalue weighted by Crippen LogP contribution is -2.70. The Morgan fingerprint density at radius 1 is 1.27 bits per heavy atom. The van der Waals surface area contributed by atoms with Crippen molar-refractivity contribution in [1.29, 1.82) is 0 Å². The van der Waals surface area contributed by atoms with Gasteiger partial charge in [0.05, 0.1) is 13.2 Å². The van der Waals surface area contributed by atoms with Crippen LogP contribution in [0.25, 0.3) is 0 Å². The molecule has 6 nitrogen and oxygen atoms in total. The summed E-state index contributed by atoms with van der Waals surface area (Å²) in [7, 11) is 0. The van der Waals surface area contributed by atoms with Crippen LogP contribution < -0.4 is 11.1 Å². The number of hydrogen-bond acceptors (Lipinski definition) is 3. The van der Waals surface area contributed by atoms with Crippen molar-refractivity contribution in [2.75, 3.05) is 6.54 Å². The summed E-state index contributed by atoms with van der Waals surface area (Å²) in [5, 5.41) is 2.30. The number of amides is 3. The van der Waals surface area contributed by atoms with Gasteiger partial charge in [-0.2, -0.15) is 0 Å². The topological polar surface area (TPSA) is 84.7 Å². The van der Waals surface area contributed by atoms with Crippen LogP contribution in [0.4, 0.5) is 18.0 Å². The van der Waals surface area contributed by atoms with Gasteiger partial charge in [-0.3, -0.25) is 9.53 Å². The van der Waals surface area contributed by atoms with Crippen molar-refractivity contribution in [2.24, 2.45) is 11.7 Å². The van der Waals surface area contributed by atoms with E-state index in [1.165, 1.54) is 6.07 Å². The highest BCUT2D eigenvalue weighted by Gasteiger charge is 2.61. The van der Waals surface area contributed by atoms with Gasteiger partial charge >= 0.3 is 12.4 Å². The van der Waals surface area contributed by atoms with Gasteiger partial charge < -0.3 is 16.0 Å². The van der Waals surface area contributed by atoms with E-state index in [1.807, 2.05) is 0 Å². The number of ether oxygens (including phenoxy) is 1. The van der Waals surface area contributed by atoms with E-state index in [0.717, 1.165) is 19.3 Å². The normalized spacial score (nSPS) is 23.6. The van der Waals surface area contributed by atoms with Crippen LogP contribution in [0.5, 0.6) is 0 Å². The number of nitrogens with two attached hydrogens (primary N) is 1. The molecule has 0 aliphatic heterocycles. The summed E-state index contributed by atoms with van der Waals surface area (Å²) in [6.07, 6.45) is -1.92. The molecule has 0 heterocycles. The highest BCUT2D eigenvalue weighted by molar-refractivity contribution is 5.84. The molecular weight excluding hydrogens is 351 g/mol. The summed E-state index contributed by atoms with van der Waals surface area (Å²) in [6, 6.07) is 5.75. The van der Waals surface area contributed by atoms with Crippen molar-refractivity contribution in [2.45, 2.75) is 44.3 Å². The molecule has 3 saturated carbocycles. The number of primary amides is 1. The Morgan fingerprint density at radius 3 is 2.46 bits per heavy atom. The molecule has 3 amide bonds. The second kappa shape index (κ2) is 6.79. The van der Waals surface area contributed by atoms with Gasteiger partial charge in [0.25, 0.3) is 0 Å². The number of nitrogens with one attached hydrogen (secondary N) is 1. The van der Waals surface area contributed by atoms with Crippen LogP contribution in [-0.4, -0.2) is 35.3 Å². The molecule has 9 heteroatoms. The molecule has 26 heavy (non-hydrogen) atoms. The summed E-state index contributed by atoms with van der Waals surface area (Å²) in [5.74, 6) is 0.389. The molecule has 3 fully saturated rings. The summed E-state index contributed by atoms with van der Waals surface area (Å²) in [5.41, 5.74) is 5.91. The first kappa shape index (κ1) is 18.5. The molecule has 4 rings (SSSR count). The summed E-state index contributed by atoms with van der Waals surface area (Å²) < 4.78 is 40.5. The third kappa shape index (κ3) is 4.09. The first-order chi connectivity index (χ1) is 12.2. The van der Waals surface area contributed by atoms with Gasteiger partial charge in [-0.25, -0.2) is 4.79 Å². The third-order valence-corrected chi connectivity index (χ3v) is 5.03. The van der Waals surface area contributed by atoms with Gasteiger partial charge in [-0.15, -0.1) is 13.2 Å². The minimum atomic E-state index is -4.69. The molecule has 0 atom stereocenters. The van der Waals surface area contributed by atoms with Gasteiger partial charge in [-0.1, -0.05) is 24.3 Å². The molecule has 0 spiro atoms. The third-order valence-electron chi connectivity index (χ3n) is 5.03. The number of rotatable bonds is 7. The molecule has 0 aromatic heterocycles. The van der Waals surface area contributed by atoms with Crippen LogP contribution in [0.15, 0.2) is 24.3 Å². The Hall–Kier alpha value is -2.29. The molecule has 142 valence electrons. The maximum Gasteiger partial charge on any atom is 0.522 e. The van der Waals surface area contributed by atoms with Crippen molar-refractivity contribution >= 4 is 11.9 Å². The molecule has 1 aromatic carbocycles. The maximum atomic E-state index is 12.5. The fraction of sp³-hybridized carbons (Fsp3) is 0.529. The van der Waals surface area contributed by atoms with E-state index in [0.29, 0.717) is 17.0 Å². The van der Waals surface area contributed by atoms with Crippen LogP contribution in [0.3, 0.4) is 0 Å². The number of hydrogen-bond donors (Lipinski definition) is 2. The first-order valence-corrected chi connectivity index (χ1v) is 8.29. The van der Waals surface area contributed by atoms with E-state index in [9.17, 15) is 22.8 Å². The van der Waals surface area contributed by atoms with Crippen molar-refractivity contribution in [1.82, 2.24) is 10.2 Å². The lowest BCUT2D eigenvalue weighted by atomic mass is 9.49. The fourth-order valence-electron chi connectivity index (χ4n) is 3.71. The smallest absolute Gasteiger partial charge is 0.352 e. The summed E-state index contributed by atoms with van der Waals surface area (Å²) in [4.78, 5) is 25.1. The van der Waals surface area contributed by atoms with Gasteiger partial charge in [0, 0.05) is 12.1 Å². The predicted molar refractivity (Wildman–Crippen MR) is 85.5 cm³/mol. The van der Waals surface area contributed by atoms with Crippen LogP contribution >= 0.6 is 0 Å². The molecule has 1 aromatic rings. The maximum absolute atomic E-state index is 12.5. The zero-order valence-corrected chi connectivity index (χ0v) is 14.0. The average molecular weight is 371 g/mol. The van der Waals surface area contributed by atoms with E-state index >= 15 is 0 Å². The van der Waals surface area contributed by atoms with Gasteiger partial charge in [-0.05, 0) is 36.3 Å². The van der Waals surface area contributed by atoms with Crippen molar-refractivity contribution in [3.63, 3.8) is 0 Å². The zero-order valence-electron chi connectivity index (χ0n) is 14.0. The number of carbonyl (C=O) groups excluding carboxylic acids is 2. The van der Waals surface area contributed by atoms with Gasteiger partial charge in [0.15, 0.2) is 0 Å². The highest BCUT2D eigenvalue weighted by Crippen LogP contribution is 2.60. The fourth-order valence-corrected chi connectivity index (χ4v) is 3.71. The number of halogens is 3. The molecule has 2 bridgehead atoms. The SMILES string of the molecule is NC(=O)NCC(=O)N(Cc1cccc(COC(F)(F)F)c1)C12CC(C1)C2. The quantitative estimate of drug-likeness (QED) is 0.771. The Balaban J connectivity index is 1.68. The Labute approximate surface area is 148 Å². The number of benzene rings is 1. The Kier molecular flexibility index (Phi) is 4.83. The van der Waals surface area contributed by atoms with Crippen molar-refractivity contribution < 1.29 is 27.5 Å². The standard InChI is InChI=1S/C17H20F3N3O3/c18-17(19,20)26-10-12-3-1-2-11(4-12)9-23(14(24)8-22-15(21)25)16-5-13(6-16)7-16/h1-4,13H,5-10H2,(H3,21,22,25). The van der Waals surface area contributed by atoms with E-state index in [2.05, 4.69) is 10.1 Å². The molecule has 0 saturated heterocycles.